The number of carbonyl (C=O) groups excluding carboxylic acids is 1. The van der Waals surface area contributed by atoms with E-state index < -0.39 is 0 Å². The van der Waals surface area contributed by atoms with E-state index in [1.807, 2.05) is 17.3 Å². The molecule has 1 aliphatic heterocycles. The van der Waals surface area contributed by atoms with Gasteiger partial charge in [-0.2, -0.15) is 0 Å². The molecule has 1 amide bonds. The van der Waals surface area contributed by atoms with E-state index in [0.717, 1.165) is 55.2 Å². The molecule has 4 nitrogen and oxygen atoms in total. The molecule has 0 radical (unpaired) electrons. The molecule has 0 spiro atoms. The second-order valence-corrected chi connectivity index (χ2v) is 7.61. The summed E-state index contributed by atoms with van der Waals surface area (Å²) in [5.41, 5.74) is 3.35. The van der Waals surface area contributed by atoms with Crippen LogP contribution in [-0.4, -0.2) is 42.5 Å². The van der Waals surface area contributed by atoms with Crippen LogP contribution in [0.5, 0.6) is 0 Å². The zero-order valence-corrected chi connectivity index (χ0v) is 15.9. The number of likely N-dealkylation sites (tertiary alicyclic amines) is 1. The Morgan fingerprint density at radius 1 is 1.28 bits per heavy atom. The maximum absolute atomic E-state index is 12.5. The van der Waals surface area contributed by atoms with Gasteiger partial charge in [-0.15, -0.1) is 11.3 Å². The Morgan fingerprint density at radius 2 is 2.00 bits per heavy atom. The second kappa shape index (κ2) is 8.59. The van der Waals surface area contributed by atoms with E-state index >= 15 is 0 Å². The van der Waals surface area contributed by atoms with Gasteiger partial charge in [0.2, 0.25) is 5.91 Å². The predicted octanol–water partition coefficient (Wildman–Crippen LogP) is 3.37. The molecule has 0 aliphatic carbocycles. The number of thiazole rings is 1. The summed E-state index contributed by atoms with van der Waals surface area (Å²) in [6.45, 7) is 4.96. The van der Waals surface area contributed by atoms with E-state index in [2.05, 4.69) is 41.5 Å². The molecular formula is C20H27N3OS. The SMILES string of the molecule is CCc1ccc(-c2nc(CC(=O)N3CCC(CNC)CC3)cs2)cc1. The van der Waals surface area contributed by atoms with Crippen LogP contribution >= 0.6 is 11.3 Å². The van der Waals surface area contributed by atoms with E-state index in [-0.39, 0.29) is 5.91 Å². The van der Waals surface area contributed by atoms with Gasteiger partial charge >= 0.3 is 0 Å². The Balaban J connectivity index is 1.56. The van der Waals surface area contributed by atoms with Gasteiger partial charge in [0, 0.05) is 24.0 Å². The van der Waals surface area contributed by atoms with Crippen molar-refractivity contribution in [2.75, 3.05) is 26.7 Å². The lowest BCUT2D eigenvalue weighted by Gasteiger charge is -2.31. The maximum Gasteiger partial charge on any atom is 0.228 e. The molecule has 3 rings (SSSR count). The number of rotatable bonds is 6. The molecule has 2 heterocycles. The highest BCUT2D eigenvalue weighted by Gasteiger charge is 2.23. The van der Waals surface area contributed by atoms with Crippen LogP contribution in [0, 0.1) is 5.92 Å². The largest absolute Gasteiger partial charge is 0.342 e. The summed E-state index contributed by atoms with van der Waals surface area (Å²) in [4.78, 5) is 19.2. The smallest absolute Gasteiger partial charge is 0.228 e. The molecule has 1 aromatic carbocycles. The second-order valence-electron chi connectivity index (χ2n) is 6.75. The van der Waals surface area contributed by atoms with Crippen molar-refractivity contribution < 1.29 is 4.79 Å². The predicted molar refractivity (Wildman–Crippen MR) is 104 cm³/mol. The summed E-state index contributed by atoms with van der Waals surface area (Å²) in [7, 11) is 1.99. The molecule has 0 bridgehead atoms. The highest BCUT2D eigenvalue weighted by molar-refractivity contribution is 7.13. The van der Waals surface area contributed by atoms with Crippen LogP contribution < -0.4 is 5.32 Å². The molecular weight excluding hydrogens is 330 g/mol. The Morgan fingerprint density at radius 3 is 2.64 bits per heavy atom. The number of carbonyl (C=O) groups is 1. The Bertz CT molecular complexity index is 687. The number of nitrogens with one attached hydrogen (secondary N) is 1. The number of nitrogens with zero attached hydrogens (tertiary/aromatic N) is 2. The third-order valence-corrected chi connectivity index (χ3v) is 5.89. The van der Waals surface area contributed by atoms with Gasteiger partial charge in [-0.25, -0.2) is 4.98 Å². The minimum Gasteiger partial charge on any atom is -0.342 e. The molecule has 5 heteroatoms. The van der Waals surface area contributed by atoms with E-state index in [1.165, 1.54) is 5.56 Å². The van der Waals surface area contributed by atoms with Gasteiger partial charge < -0.3 is 10.2 Å². The van der Waals surface area contributed by atoms with E-state index in [0.29, 0.717) is 12.3 Å². The summed E-state index contributed by atoms with van der Waals surface area (Å²) >= 11 is 1.62. The molecule has 2 aromatic rings. The van der Waals surface area contributed by atoms with Gasteiger partial charge in [0.1, 0.15) is 5.01 Å². The van der Waals surface area contributed by atoms with Gasteiger partial charge in [0.05, 0.1) is 12.1 Å². The number of benzene rings is 1. The molecule has 0 unspecified atom stereocenters. The molecule has 1 aliphatic rings. The first-order valence-electron chi connectivity index (χ1n) is 9.15. The maximum atomic E-state index is 12.5. The molecule has 25 heavy (non-hydrogen) atoms. The van der Waals surface area contributed by atoms with Crippen LogP contribution in [0.25, 0.3) is 10.6 Å². The first kappa shape index (κ1) is 18.1. The van der Waals surface area contributed by atoms with Crippen molar-refractivity contribution in [2.24, 2.45) is 5.92 Å². The van der Waals surface area contributed by atoms with Crippen molar-refractivity contribution in [1.82, 2.24) is 15.2 Å². The average molecular weight is 358 g/mol. The Kier molecular flexibility index (Phi) is 6.21. The quantitative estimate of drug-likeness (QED) is 0.862. The van der Waals surface area contributed by atoms with Crippen LogP contribution in [-0.2, 0) is 17.6 Å². The van der Waals surface area contributed by atoms with Crippen molar-refractivity contribution in [3.63, 3.8) is 0 Å². The highest BCUT2D eigenvalue weighted by atomic mass is 32.1. The third kappa shape index (κ3) is 4.67. The van der Waals surface area contributed by atoms with Crippen LogP contribution in [0.1, 0.15) is 31.0 Å². The highest BCUT2D eigenvalue weighted by Crippen LogP contribution is 2.25. The number of aryl methyl sites for hydroxylation is 1. The van der Waals surface area contributed by atoms with Crippen molar-refractivity contribution in [1.29, 1.82) is 0 Å². The molecule has 1 N–H and O–H groups in total. The first-order chi connectivity index (χ1) is 12.2. The number of amides is 1. The van der Waals surface area contributed by atoms with Crippen molar-refractivity contribution in [3.05, 3.63) is 40.9 Å². The number of hydrogen-bond acceptors (Lipinski definition) is 4. The van der Waals surface area contributed by atoms with Crippen LogP contribution in [0.4, 0.5) is 0 Å². The van der Waals surface area contributed by atoms with Crippen molar-refractivity contribution in [3.8, 4) is 10.6 Å². The zero-order valence-electron chi connectivity index (χ0n) is 15.1. The summed E-state index contributed by atoms with van der Waals surface area (Å²) in [6.07, 6.45) is 3.65. The van der Waals surface area contributed by atoms with Gasteiger partial charge in [-0.1, -0.05) is 31.2 Å². The van der Waals surface area contributed by atoms with Crippen LogP contribution in [0.15, 0.2) is 29.6 Å². The van der Waals surface area contributed by atoms with Gasteiger partial charge in [-0.05, 0) is 44.3 Å². The zero-order chi connectivity index (χ0) is 17.6. The summed E-state index contributed by atoms with van der Waals surface area (Å²) < 4.78 is 0. The van der Waals surface area contributed by atoms with E-state index in [1.54, 1.807) is 11.3 Å². The first-order valence-corrected chi connectivity index (χ1v) is 10.0. The number of piperidine rings is 1. The fourth-order valence-corrected chi connectivity index (χ4v) is 4.17. The van der Waals surface area contributed by atoms with Crippen LogP contribution in [0.2, 0.25) is 0 Å². The fourth-order valence-electron chi connectivity index (χ4n) is 3.35. The van der Waals surface area contributed by atoms with Gasteiger partial charge in [0.15, 0.2) is 0 Å². The lowest BCUT2D eigenvalue weighted by Crippen LogP contribution is -2.41. The van der Waals surface area contributed by atoms with Gasteiger partial charge in [-0.3, -0.25) is 4.79 Å². The molecule has 134 valence electrons. The lowest BCUT2D eigenvalue weighted by molar-refractivity contribution is -0.131. The van der Waals surface area contributed by atoms with Crippen molar-refractivity contribution in [2.45, 2.75) is 32.6 Å². The Labute approximate surface area is 154 Å². The average Bonchev–Trinajstić information content (AvgIpc) is 3.11. The molecule has 0 saturated carbocycles. The topological polar surface area (TPSA) is 45.2 Å². The summed E-state index contributed by atoms with van der Waals surface area (Å²) in [5.74, 6) is 0.909. The van der Waals surface area contributed by atoms with Crippen molar-refractivity contribution >= 4 is 17.2 Å². The minimum absolute atomic E-state index is 0.209. The molecule has 1 aromatic heterocycles. The Hall–Kier alpha value is -1.72. The van der Waals surface area contributed by atoms with E-state index in [4.69, 9.17) is 0 Å². The number of aromatic nitrogens is 1. The lowest BCUT2D eigenvalue weighted by atomic mass is 9.96. The monoisotopic (exact) mass is 357 g/mol. The standard InChI is InChI=1S/C20H27N3OS/c1-3-15-4-6-17(7-5-15)20-22-18(14-25-20)12-19(24)23-10-8-16(9-11-23)13-21-2/h4-7,14,16,21H,3,8-13H2,1-2H3. The summed E-state index contributed by atoms with van der Waals surface area (Å²) in [5, 5.41) is 6.26. The fraction of sp³-hybridized carbons (Fsp3) is 0.500. The molecule has 1 fully saturated rings. The van der Waals surface area contributed by atoms with E-state index in [9.17, 15) is 4.79 Å². The summed E-state index contributed by atoms with van der Waals surface area (Å²) in [6, 6.07) is 8.54. The molecule has 1 saturated heterocycles. The van der Waals surface area contributed by atoms with Crippen LogP contribution in [0.3, 0.4) is 0 Å². The third-order valence-electron chi connectivity index (χ3n) is 4.95. The molecule has 0 atom stereocenters. The number of hydrogen-bond donors (Lipinski definition) is 1. The normalized spacial score (nSPS) is 15.5. The van der Waals surface area contributed by atoms with Gasteiger partial charge in [0.25, 0.3) is 0 Å². The minimum atomic E-state index is 0.209.